The van der Waals surface area contributed by atoms with E-state index in [9.17, 15) is 0 Å². The lowest BCUT2D eigenvalue weighted by Crippen LogP contribution is -2.23. The summed E-state index contributed by atoms with van der Waals surface area (Å²) < 4.78 is 11.3. The molecule has 3 rings (SSSR count). The number of furan rings is 2. The van der Waals surface area contributed by atoms with E-state index in [-0.39, 0.29) is 6.04 Å². The Hall–Kier alpha value is -2.00. The molecule has 2 aromatic heterocycles. The van der Waals surface area contributed by atoms with Crippen LogP contribution >= 0.6 is 0 Å². The highest BCUT2D eigenvalue weighted by molar-refractivity contribution is 5.83. The minimum absolute atomic E-state index is 0.113. The smallest absolute Gasteiger partial charge is 0.134 e. The molecule has 0 amide bonds. The summed E-state index contributed by atoms with van der Waals surface area (Å²) in [7, 11) is 0. The van der Waals surface area contributed by atoms with Gasteiger partial charge in [0, 0.05) is 22.9 Å². The number of nitrogens with one attached hydrogen (secondary N) is 1. The quantitative estimate of drug-likeness (QED) is 0.714. The minimum Gasteiger partial charge on any atom is -0.472 e. The summed E-state index contributed by atoms with van der Waals surface area (Å²) >= 11 is 0. The highest BCUT2D eigenvalue weighted by atomic mass is 16.3. The summed E-state index contributed by atoms with van der Waals surface area (Å²) in [4.78, 5) is 0. The number of benzene rings is 1. The van der Waals surface area contributed by atoms with Gasteiger partial charge in [-0.15, -0.1) is 0 Å². The van der Waals surface area contributed by atoms with Crippen LogP contribution < -0.4 is 5.32 Å². The van der Waals surface area contributed by atoms with Gasteiger partial charge in [-0.3, -0.25) is 0 Å². The van der Waals surface area contributed by atoms with Gasteiger partial charge >= 0.3 is 0 Å². The maximum absolute atomic E-state index is 6.04. The number of hydrogen-bond donors (Lipinski definition) is 1. The summed E-state index contributed by atoms with van der Waals surface area (Å²) in [5.74, 6) is 1.05. The van der Waals surface area contributed by atoms with Crippen LogP contribution in [0.15, 0.2) is 51.7 Å². The Morgan fingerprint density at radius 2 is 2.00 bits per heavy atom. The van der Waals surface area contributed by atoms with Gasteiger partial charge in [-0.1, -0.05) is 32.0 Å². The first kappa shape index (κ1) is 14.0. The van der Waals surface area contributed by atoms with Crippen LogP contribution in [0.2, 0.25) is 0 Å². The molecular formula is C18H21NO2. The van der Waals surface area contributed by atoms with Gasteiger partial charge in [0.05, 0.1) is 18.6 Å². The second-order valence-corrected chi connectivity index (χ2v) is 5.23. The zero-order valence-electron chi connectivity index (χ0n) is 12.6. The van der Waals surface area contributed by atoms with Crippen molar-refractivity contribution in [3.05, 3.63) is 59.7 Å². The van der Waals surface area contributed by atoms with Crippen molar-refractivity contribution in [2.75, 3.05) is 6.54 Å². The summed E-state index contributed by atoms with van der Waals surface area (Å²) in [5.41, 5.74) is 3.34. The van der Waals surface area contributed by atoms with Crippen LogP contribution in [0.1, 0.15) is 43.2 Å². The first-order chi connectivity index (χ1) is 10.3. The van der Waals surface area contributed by atoms with Gasteiger partial charge in [0.2, 0.25) is 0 Å². The number of aryl methyl sites for hydroxylation is 1. The van der Waals surface area contributed by atoms with Gasteiger partial charge in [-0.25, -0.2) is 0 Å². The zero-order valence-corrected chi connectivity index (χ0v) is 12.6. The fourth-order valence-electron chi connectivity index (χ4n) is 2.81. The van der Waals surface area contributed by atoms with Gasteiger partial charge in [0.25, 0.3) is 0 Å². The third-order valence-electron chi connectivity index (χ3n) is 3.80. The Morgan fingerprint density at radius 1 is 1.14 bits per heavy atom. The van der Waals surface area contributed by atoms with E-state index < -0.39 is 0 Å². The third-order valence-corrected chi connectivity index (χ3v) is 3.80. The average Bonchev–Trinajstić information content (AvgIpc) is 3.16. The second-order valence-electron chi connectivity index (χ2n) is 5.23. The molecule has 0 bridgehead atoms. The molecule has 0 aliphatic carbocycles. The van der Waals surface area contributed by atoms with E-state index in [0.29, 0.717) is 0 Å². The van der Waals surface area contributed by atoms with E-state index >= 15 is 0 Å². The molecule has 1 N–H and O–H groups in total. The lowest BCUT2D eigenvalue weighted by atomic mass is 9.97. The Morgan fingerprint density at radius 3 is 2.71 bits per heavy atom. The van der Waals surface area contributed by atoms with Crippen LogP contribution in [0.5, 0.6) is 0 Å². The van der Waals surface area contributed by atoms with Crippen LogP contribution in [0.25, 0.3) is 11.0 Å². The SMILES string of the molecule is CCCNC(c1ccoc1)c1c(CC)oc2ccccc12. The maximum Gasteiger partial charge on any atom is 0.134 e. The van der Waals surface area contributed by atoms with E-state index in [1.807, 2.05) is 24.5 Å². The number of hydrogen-bond acceptors (Lipinski definition) is 3. The lowest BCUT2D eigenvalue weighted by Gasteiger charge is -2.17. The average molecular weight is 283 g/mol. The maximum atomic E-state index is 6.04. The predicted octanol–water partition coefficient (Wildman–Crippen LogP) is 4.68. The second kappa shape index (κ2) is 6.19. The summed E-state index contributed by atoms with van der Waals surface area (Å²) in [6, 6.07) is 10.4. The van der Waals surface area contributed by atoms with Crippen molar-refractivity contribution in [1.29, 1.82) is 0 Å². The molecule has 110 valence electrons. The zero-order chi connectivity index (χ0) is 14.7. The van der Waals surface area contributed by atoms with Gasteiger partial charge in [-0.2, -0.15) is 0 Å². The molecule has 2 heterocycles. The predicted molar refractivity (Wildman–Crippen MR) is 84.4 cm³/mol. The van der Waals surface area contributed by atoms with E-state index in [1.165, 1.54) is 10.9 Å². The molecule has 0 aliphatic rings. The van der Waals surface area contributed by atoms with Crippen LogP contribution in [-0.2, 0) is 6.42 Å². The van der Waals surface area contributed by atoms with Gasteiger partial charge in [-0.05, 0) is 25.1 Å². The van der Waals surface area contributed by atoms with Crippen LogP contribution in [-0.4, -0.2) is 6.54 Å². The van der Waals surface area contributed by atoms with Gasteiger partial charge in [0.1, 0.15) is 11.3 Å². The van der Waals surface area contributed by atoms with Crippen LogP contribution in [0, 0.1) is 0 Å². The Labute approximate surface area is 124 Å². The molecule has 0 saturated heterocycles. The molecule has 1 atom stereocenters. The highest BCUT2D eigenvalue weighted by Gasteiger charge is 2.23. The van der Waals surface area contributed by atoms with Gasteiger partial charge in [0.15, 0.2) is 0 Å². The van der Waals surface area contributed by atoms with Crippen molar-refractivity contribution in [2.45, 2.75) is 32.7 Å². The number of rotatable bonds is 6. The number of para-hydroxylation sites is 1. The molecule has 1 aromatic carbocycles. The normalized spacial score (nSPS) is 12.9. The molecule has 3 nitrogen and oxygen atoms in total. The monoisotopic (exact) mass is 283 g/mol. The highest BCUT2D eigenvalue weighted by Crippen LogP contribution is 2.34. The topological polar surface area (TPSA) is 38.3 Å². The molecule has 0 spiro atoms. The van der Waals surface area contributed by atoms with E-state index in [4.69, 9.17) is 8.83 Å². The van der Waals surface area contributed by atoms with Crippen molar-refractivity contribution < 1.29 is 8.83 Å². The first-order valence-corrected chi connectivity index (χ1v) is 7.61. The van der Waals surface area contributed by atoms with Crippen molar-refractivity contribution in [3.8, 4) is 0 Å². The molecule has 0 radical (unpaired) electrons. The Balaban J connectivity index is 2.13. The van der Waals surface area contributed by atoms with Crippen molar-refractivity contribution >= 4 is 11.0 Å². The van der Waals surface area contributed by atoms with E-state index in [2.05, 4.69) is 31.3 Å². The van der Waals surface area contributed by atoms with E-state index in [1.54, 1.807) is 6.26 Å². The minimum atomic E-state index is 0.113. The number of fused-ring (bicyclic) bond motifs is 1. The largest absolute Gasteiger partial charge is 0.472 e. The summed E-state index contributed by atoms with van der Waals surface area (Å²) in [6.45, 7) is 5.26. The third kappa shape index (κ3) is 2.61. The summed E-state index contributed by atoms with van der Waals surface area (Å²) in [6.07, 6.45) is 5.51. The van der Waals surface area contributed by atoms with Crippen molar-refractivity contribution in [1.82, 2.24) is 5.32 Å². The summed E-state index contributed by atoms with van der Waals surface area (Å²) in [5, 5.41) is 4.81. The molecule has 0 fully saturated rings. The standard InChI is InChI=1S/C18H21NO2/c1-3-10-19-18(13-9-11-20-12-13)17-14-7-5-6-8-16(14)21-15(17)4-2/h5-9,11-12,18-19H,3-4,10H2,1-2H3. The Kier molecular flexibility index (Phi) is 4.11. The molecule has 0 saturated carbocycles. The molecule has 3 aromatic rings. The molecule has 0 aliphatic heterocycles. The van der Waals surface area contributed by atoms with E-state index in [0.717, 1.165) is 36.3 Å². The van der Waals surface area contributed by atoms with Gasteiger partial charge < -0.3 is 14.2 Å². The Bertz CT molecular complexity index is 697. The fraction of sp³-hybridized carbons (Fsp3) is 0.333. The fourth-order valence-corrected chi connectivity index (χ4v) is 2.81. The molecule has 1 unspecified atom stereocenters. The molecular weight excluding hydrogens is 262 g/mol. The van der Waals surface area contributed by atoms with Crippen molar-refractivity contribution in [3.63, 3.8) is 0 Å². The molecule has 21 heavy (non-hydrogen) atoms. The van der Waals surface area contributed by atoms with Crippen molar-refractivity contribution in [2.24, 2.45) is 0 Å². The van der Waals surface area contributed by atoms with Crippen LogP contribution in [0.3, 0.4) is 0 Å². The first-order valence-electron chi connectivity index (χ1n) is 7.61. The molecule has 3 heteroatoms. The van der Waals surface area contributed by atoms with Crippen LogP contribution in [0.4, 0.5) is 0 Å². The lowest BCUT2D eigenvalue weighted by molar-refractivity contribution is 0.522.